The van der Waals surface area contributed by atoms with E-state index in [1.807, 2.05) is 23.1 Å². The van der Waals surface area contributed by atoms with Gasteiger partial charge in [-0.15, -0.1) is 0 Å². The number of urea groups is 1. The molecule has 2 amide bonds. The Morgan fingerprint density at radius 1 is 1.44 bits per heavy atom. The molecule has 0 aromatic carbocycles. The number of halogens is 1. The maximum Gasteiger partial charge on any atom is 0.325 e. The highest BCUT2D eigenvalue weighted by Gasteiger charge is 2.29. The van der Waals surface area contributed by atoms with Crippen molar-refractivity contribution in [2.24, 2.45) is 5.92 Å². The standard InChI is InChI=1S/C18H23ClN4O2/c1-13-5-3-9-22(12-13)18(24)23-10-4-6-15(19)17(23)21-14-7-8-16(25-2)20-11-14/h4,6-8,11,13,21H,3,5,9-10,12H2,1-2H3. The molecule has 0 spiro atoms. The second-order valence-corrected chi connectivity index (χ2v) is 6.81. The van der Waals surface area contributed by atoms with Gasteiger partial charge in [-0.3, -0.25) is 4.90 Å². The molecule has 0 radical (unpaired) electrons. The molecule has 1 aromatic rings. The molecule has 25 heavy (non-hydrogen) atoms. The number of hydrogen-bond acceptors (Lipinski definition) is 4. The largest absolute Gasteiger partial charge is 0.481 e. The summed E-state index contributed by atoms with van der Waals surface area (Å²) in [6, 6.07) is 3.58. The Labute approximate surface area is 153 Å². The molecule has 1 fully saturated rings. The Bertz CT molecular complexity index is 687. The first kappa shape index (κ1) is 17.6. The molecule has 2 aliphatic heterocycles. The summed E-state index contributed by atoms with van der Waals surface area (Å²) < 4.78 is 5.07. The van der Waals surface area contributed by atoms with Gasteiger partial charge in [-0.1, -0.05) is 24.6 Å². The van der Waals surface area contributed by atoms with Gasteiger partial charge in [0.15, 0.2) is 0 Å². The second kappa shape index (κ2) is 7.78. The van der Waals surface area contributed by atoms with Crippen molar-refractivity contribution in [2.45, 2.75) is 19.8 Å². The fourth-order valence-corrected chi connectivity index (χ4v) is 3.35. The van der Waals surface area contributed by atoms with E-state index in [9.17, 15) is 4.79 Å². The molecule has 134 valence electrons. The Morgan fingerprint density at radius 2 is 2.28 bits per heavy atom. The number of amides is 2. The predicted octanol–water partition coefficient (Wildman–Crippen LogP) is 3.63. The van der Waals surface area contributed by atoms with Gasteiger partial charge in [-0.05, 0) is 30.9 Å². The Kier molecular flexibility index (Phi) is 5.48. The number of piperidine rings is 1. The zero-order valence-corrected chi connectivity index (χ0v) is 15.3. The van der Waals surface area contributed by atoms with Crippen LogP contribution in [0.25, 0.3) is 0 Å². The summed E-state index contributed by atoms with van der Waals surface area (Å²) >= 11 is 6.37. The minimum atomic E-state index is -0.0157. The van der Waals surface area contributed by atoms with Crippen LogP contribution in [0.4, 0.5) is 10.5 Å². The van der Waals surface area contributed by atoms with Crippen LogP contribution in [0.2, 0.25) is 0 Å². The lowest BCUT2D eigenvalue weighted by atomic mass is 10.0. The summed E-state index contributed by atoms with van der Waals surface area (Å²) in [5, 5.41) is 3.72. The number of nitrogens with one attached hydrogen (secondary N) is 1. The number of allylic oxidation sites excluding steroid dienone is 2. The monoisotopic (exact) mass is 362 g/mol. The van der Waals surface area contributed by atoms with Crippen LogP contribution < -0.4 is 10.1 Å². The highest BCUT2D eigenvalue weighted by Crippen LogP contribution is 2.26. The van der Waals surface area contributed by atoms with Crippen molar-refractivity contribution in [3.8, 4) is 5.88 Å². The second-order valence-electron chi connectivity index (χ2n) is 6.40. The van der Waals surface area contributed by atoms with Crippen molar-refractivity contribution in [3.63, 3.8) is 0 Å². The summed E-state index contributed by atoms with van der Waals surface area (Å²) in [6.45, 7) is 4.25. The Balaban J connectivity index is 1.78. The van der Waals surface area contributed by atoms with Crippen molar-refractivity contribution >= 4 is 23.3 Å². The maximum absolute atomic E-state index is 13.0. The van der Waals surface area contributed by atoms with Gasteiger partial charge < -0.3 is 15.0 Å². The van der Waals surface area contributed by atoms with Crippen molar-refractivity contribution in [2.75, 3.05) is 32.1 Å². The van der Waals surface area contributed by atoms with Crippen LogP contribution in [0.3, 0.4) is 0 Å². The third-order valence-corrected chi connectivity index (χ3v) is 4.72. The number of likely N-dealkylation sites (tertiary alicyclic amines) is 1. The molecule has 1 saturated heterocycles. The molecule has 0 aliphatic carbocycles. The number of hydrogen-bond donors (Lipinski definition) is 1. The van der Waals surface area contributed by atoms with E-state index in [4.69, 9.17) is 16.3 Å². The molecular weight excluding hydrogens is 340 g/mol. The highest BCUT2D eigenvalue weighted by atomic mass is 35.5. The van der Waals surface area contributed by atoms with Gasteiger partial charge in [0, 0.05) is 25.7 Å². The van der Waals surface area contributed by atoms with Gasteiger partial charge in [0.05, 0.1) is 24.0 Å². The third-order valence-electron chi connectivity index (χ3n) is 4.41. The summed E-state index contributed by atoms with van der Waals surface area (Å²) in [5.41, 5.74) is 0.745. The quantitative estimate of drug-likeness (QED) is 0.892. The van der Waals surface area contributed by atoms with Crippen molar-refractivity contribution in [3.05, 3.63) is 41.3 Å². The number of pyridine rings is 1. The van der Waals surface area contributed by atoms with Gasteiger partial charge in [0.2, 0.25) is 5.88 Å². The minimum Gasteiger partial charge on any atom is -0.481 e. The van der Waals surface area contributed by atoms with Gasteiger partial charge in [-0.25, -0.2) is 9.78 Å². The third kappa shape index (κ3) is 4.07. The molecule has 1 N–H and O–H groups in total. The molecule has 2 aliphatic rings. The molecule has 3 rings (SSSR count). The van der Waals surface area contributed by atoms with Gasteiger partial charge in [0.25, 0.3) is 0 Å². The first-order chi connectivity index (χ1) is 12.1. The van der Waals surface area contributed by atoms with E-state index in [-0.39, 0.29) is 6.03 Å². The van der Waals surface area contributed by atoms with Crippen LogP contribution in [0, 0.1) is 5.92 Å². The molecule has 1 unspecified atom stereocenters. The lowest BCUT2D eigenvalue weighted by molar-refractivity contribution is 0.144. The molecule has 1 atom stereocenters. The lowest BCUT2D eigenvalue weighted by Crippen LogP contribution is -2.48. The Hall–Kier alpha value is -2.21. The zero-order chi connectivity index (χ0) is 17.8. The van der Waals surface area contributed by atoms with E-state index >= 15 is 0 Å². The van der Waals surface area contributed by atoms with Crippen LogP contribution in [-0.4, -0.2) is 47.6 Å². The number of carbonyl (C=O) groups excluding carboxylic acids is 1. The molecule has 0 bridgehead atoms. The molecule has 0 saturated carbocycles. The first-order valence-corrected chi connectivity index (χ1v) is 8.86. The fourth-order valence-electron chi connectivity index (χ4n) is 3.11. The maximum atomic E-state index is 13.0. The van der Waals surface area contributed by atoms with E-state index in [0.717, 1.165) is 25.2 Å². The Morgan fingerprint density at radius 3 is 2.96 bits per heavy atom. The van der Waals surface area contributed by atoms with E-state index in [2.05, 4.69) is 17.2 Å². The summed E-state index contributed by atoms with van der Waals surface area (Å²) in [5.74, 6) is 1.64. The first-order valence-electron chi connectivity index (χ1n) is 8.48. The van der Waals surface area contributed by atoms with Crippen LogP contribution in [0.5, 0.6) is 5.88 Å². The summed E-state index contributed by atoms with van der Waals surface area (Å²) in [6.07, 6.45) is 7.57. The fraction of sp³-hybridized carbons (Fsp3) is 0.444. The summed E-state index contributed by atoms with van der Waals surface area (Å²) in [4.78, 5) is 20.8. The van der Waals surface area contributed by atoms with E-state index < -0.39 is 0 Å². The van der Waals surface area contributed by atoms with Gasteiger partial charge in [-0.2, -0.15) is 0 Å². The number of carbonyl (C=O) groups is 1. The van der Waals surface area contributed by atoms with Crippen molar-refractivity contribution in [1.29, 1.82) is 0 Å². The number of nitrogens with zero attached hydrogens (tertiary/aromatic N) is 3. The number of methoxy groups -OCH3 is 1. The van der Waals surface area contributed by atoms with E-state index in [1.54, 1.807) is 24.3 Å². The zero-order valence-electron chi connectivity index (χ0n) is 14.5. The lowest BCUT2D eigenvalue weighted by Gasteiger charge is -2.37. The molecular formula is C18H23ClN4O2. The van der Waals surface area contributed by atoms with Gasteiger partial charge in [0.1, 0.15) is 5.82 Å². The predicted molar refractivity (Wildman–Crippen MR) is 98.5 cm³/mol. The van der Waals surface area contributed by atoms with Gasteiger partial charge >= 0.3 is 6.03 Å². The van der Waals surface area contributed by atoms with E-state index in [0.29, 0.717) is 29.2 Å². The highest BCUT2D eigenvalue weighted by molar-refractivity contribution is 6.31. The smallest absolute Gasteiger partial charge is 0.325 e. The number of ether oxygens (including phenoxy) is 1. The molecule has 7 heteroatoms. The minimum absolute atomic E-state index is 0.0157. The number of rotatable bonds is 3. The average molecular weight is 363 g/mol. The van der Waals surface area contributed by atoms with Crippen molar-refractivity contribution < 1.29 is 9.53 Å². The van der Waals surface area contributed by atoms with Crippen LogP contribution in [-0.2, 0) is 0 Å². The van der Waals surface area contributed by atoms with Crippen LogP contribution in [0.1, 0.15) is 19.8 Å². The number of aromatic nitrogens is 1. The van der Waals surface area contributed by atoms with E-state index in [1.165, 1.54) is 6.42 Å². The SMILES string of the molecule is COc1ccc(NC2=C(Cl)C=CCN2C(=O)N2CCCC(C)C2)cn1. The van der Waals surface area contributed by atoms with Crippen molar-refractivity contribution in [1.82, 2.24) is 14.8 Å². The average Bonchev–Trinajstić information content (AvgIpc) is 2.63. The van der Waals surface area contributed by atoms with Crippen LogP contribution in [0.15, 0.2) is 41.3 Å². The normalized spacial score (nSPS) is 20.7. The number of anilines is 1. The molecule has 6 nitrogen and oxygen atoms in total. The topological polar surface area (TPSA) is 57.7 Å². The molecule has 1 aromatic heterocycles. The van der Waals surface area contributed by atoms with Crippen LogP contribution >= 0.6 is 11.6 Å². The summed E-state index contributed by atoms with van der Waals surface area (Å²) in [7, 11) is 1.57. The molecule has 3 heterocycles.